The van der Waals surface area contributed by atoms with Crippen molar-refractivity contribution in [2.24, 2.45) is 61.6 Å². The molecule has 0 aromatic carbocycles. The summed E-state index contributed by atoms with van der Waals surface area (Å²) in [5.74, 6) is -0.472. The first-order valence-corrected chi connectivity index (χ1v) is 35.9. The normalized spacial score (nSPS) is 31.2. The Morgan fingerprint density at radius 2 is 0.978 bits per heavy atom. The van der Waals surface area contributed by atoms with Gasteiger partial charge in [-0.2, -0.15) is 0 Å². The third-order valence-electron chi connectivity index (χ3n) is 23.4. The Morgan fingerprint density at radius 1 is 0.505 bits per heavy atom. The minimum absolute atomic E-state index is 0.0307. The highest BCUT2D eigenvalue weighted by Gasteiger charge is 2.66. The van der Waals surface area contributed by atoms with Crippen molar-refractivity contribution in [2.75, 3.05) is 6.61 Å². The Hall–Kier alpha value is -4.32. The van der Waals surface area contributed by atoms with E-state index in [1.807, 2.05) is 111 Å². The molecule has 6 bridgehead atoms. The van der Waals surface area contributed by atoms with Gasteiger partial charge in [0.25, 0.3) is 0 Å². The lowest BCUT2D eigenvalue weighted by molar-refractivity contribution is -0.225. The molecule has 0 aromatic rings. The molecule has 7 saturated carbocycles. The van der Waals surface area contributed by atoms with Gasteiger partial charge in [-0.15, -0.1) is 0 Å². The summed E-state index contributed by atoms with van der Waals surface area (Å²) in [6, 6.07) is 0. The van der Waals surface area contributed by atoms with Crippen LogP contribution in [0.2, 0.25) is 0 Å². The summed E-state index contributed by atoms with van der Waals surface area (Å²) in [6.07, 6.45) is 19.7. The number of ether oxygens (including phenoxy) is 9. The maximum absolute atomic E-state index is 12.8. The van der Waals surface area contributed by atoms with E-state index in [-0.39, 0.29) is 94.0 Å². The van der Waals surface area contributed by atoms with E-state index >= 15 is 0 Å². The largest absolute Gasteiger partial charge is 0.463 e. The number of rotatable bonds is 17. The van der Waals surface area contributed by atoms with E-state index in [9.17, 15) is 43.5 Å². The molecular formula is C75H124O18. The summed E-state index contributed by atoms with van der Waals surface area (Å²) in [7, 11) is 0. The molecule has 11 rings (SSSR count). The zero-order valence-corrected chi connectivity index (χ0v) is 61.3. The highest BCUT2D eigenvalue weighted by molar-refractivity contribution is 5.83. The van der Waals surface area contributed by atoms with Crippen LogP contribution in [-0.4, -0.2) is 118 Å². The summed E-state index contributed by atoms with van der Waals surface area (Å²) in [6.45, 7) is 41.5. The summed E-state index contributed by atoms with van der Waals surface area (Å²) >= 11 is 0. The lowest BCUT2D eigenvalue weighted by atomic mass is 9.52. The summed E-state index contributed by atoms with van der Waals surface area (Å²) in [5.41, 5.74) is -4.34. The Morgan fingerprint density at radius 3 is 1.44 bits per heavy atom. The lowest BCUT2D eigenvalue weighted by Gasteiger charge is -2.59. The fourth-order valence-electron chi connectivity index (χ4n) is 14.9. The van der Waals surface area contributed by atoms with Crippen molar-refractivity contribution in [3.63, 3.8) is 0 Å². The zero-order chi connectivity index (χ0) is 69.9. The monoisotopic (exact) mass is 1310 g/mol. The highest BCUT2D eigenvalue weighted by atomic mass is 16.7. The molecule has 1 N–H and O–H groups in total. The molecule has 7 aliphatic carbocycles. The van der Waals surface area contributed by atoms with E-state index < -0.39 is 62.6 Å². The van der Waals surface area contributed by atoms with E-state index in [0.29, 0.717) is 50.5 Å². The molecule has 532 valence electrons. The van der Waals surface area contributed by atoms with Gasteiger partial charge in [-0.25, -0.2) is 4.79 Å². The molecule has 4 heterocycles. The molecular weight excluding hydrogens is 1190 g/mol. The number of fused-ring (bicyclic) bond motifs is 1. The van der Waals surface area contributed by atoms with Crippen LogP contribution in [0.25, 0.3) is 0 Å². The molecule has 10 unspecified atom stereocenters. The van der Waals surface area contributed by atoms with Gasteiger partial charge in [0.2, 0.25) is 6.10 Å². The second-order valence-electron chi connectivity index (χ2n) is 34.8. The SMILES string of the molecule is CCC(C)(C)C(=O)OC1(C(C)(C)C)CCCC1.CCC(C)(C)C(=O)OC1(C2CCCC2OC(=O)C(C)(C)C)CCCC1.CCC(C)(C)C(=O)OC12CC3CC(CC(O)(C3)C1)C2.CCC(C)(C)C(=O)OC1C2CC3C(=O)OC1C3O2.CCC(C)(C)C(=O)OC1CCOC1=O. The minimum atomic E-state index is -0.687. The van der Waals surface area contributed by atoms with E-state index in [0.717, 1.165) is 103 Å². The average molecular weight is 1310 g/mol. The van der Waals surface area contributed by atoms with E-state index in [1.54, 1.807) is 13.8 Å². The first-order chi connectivity index (χ1) is 42.8. The number of hydrogen-bond donors (Lipinski definition) is 1. The predicted molar refractivity (Wildman–Crippen MR) is 352 cm³/mol. The Bertz CT molecular complexity index is 2620. The molecule has 93 heavy (non-hydrogen) atoms. The lowest BCUT2D eigenvalue weighted by Crippen LogP contribution is -2.61. The van der Waals surface area contributed by atoms with E-state index in [2.05, 4.69) is 20.8 Å². The highest BCUT2D eigenvalue weighted by Crippen LogP contribution is 2.59. The third-order valence-corrected chi connectivity index (χ3v) is 23.4. The Labute approximate surface area is 558 Å². The average Bonchev–Trinajstić information content (AvgIpc) is 1.58. The number of esters is 8. The molecule has 0 aromatic heterocycles. The number of cyclic esters (lactones) is 1. The molecule has 11 fully saturated rings. The molecule has 11 aliphatic rings. The van der Waals surface area contributed by atoms with Gasteiger partial charge in [-0.3, -0.25) is 33.6 Å². The van der Waals surface area contributed by atoms with Crippen molar-refractivity contribution in [3.05, 3.63) is 0 Å². The fraction of sp³-hybridized carbons (Fsp3) is 0.893. The first kappa shape index (κ1) is 77.7. The number of hydrogen-bond acceptors (Lipinski definition) is 18. The summed E-state index contributed by atoms with van der Waals surface area (Å²) < 4.78 is 50.3. The van der Waals surface area contributed by atoms with Gasteiger partial charge in [0.15, 0.2) is 12.2 Å². The smallest absolute Gasteiger partial charge is 0.347 e. The van der Waals surface area contributed by atoms with Crippen LogP contribution in [0, 0.1) is 61.6 Å². The van der Waals surface area contributed by atoms with Crippen molar-refractivity contribution >= 4 is 47.8 Å². The van der Waals surface area contributed by atoms with Crippen molar-refractivity contribution in [3.8, 4) is 0 Å². The van der Waals surface area contributed by atoms with Crippen LogP contribution in [0.15, 0.2) is 0 Å². The van der Waals surface area contributed by atoms with Crippen LogP contribution >= 0.6 is 0 Å². The molecule has 0 radical (unpaired) electrons. The van der Waals surface area contributed by atoms with Gasteiger partial charge in [-0.05, 0) is 243 Å². The molecule has 18 nitrogen and oxygen atoms in total. The second-order valence-corrected chi connectivity index (χ2v) is 34.8. The summed E-state index contributed by atoms with van der Waals surface area (Å²) in [4.78, 5) is 96.0. The molecule has 10 atom stereocenters. The van der Waals surface area contributed by atoms with Crippen molar-refractivity contribution < 1.29 is 86.1 Å². The maximum Gasteiger partial charge on any atom is 0.347 e. The standard InChI is InChI=1S/C21H36O4.C16H26O3.C15H28O2.C13H18O5.C10H16O4/c1-7-20(5,6)18(23)25-21(13-8-9-14-21)15-11-10-12-16(15)24-17(22)19(2,3)4;1-4-14(2,3)13(17)19-16-8-11-5-12(9-16)7-15(18,6-11)10-16;1-7-14(5,6)12(16)17-15(13(2,3)4)10-8-9-11-15;1-4-13(2,3)12(15)18-9-7-5-6-8(16-7)10(9)17-11(6)14;1-4-10(2,3)9(12)14-7-5-6-13-8(7)11/h15-16H,7-14H2,1-6H3;11-12,18H,4-10H2,1-3H3;7-11H2,1-6H3;6-10H,4-5H2,1-3H3;7H,4-6H2,1-3H3. The van der Waals surface area contributed by atoms with Crippen LogP contribution in [0.5, 0.6) is 0 Å². The minimum Gasteiger partial charge on any atom is -0.463 e. The van der Waals surface area contributed by atoms with Gasteiger partial charge in [-0.1, -0.05) is 55.4 Å². The number of aliphatic hydroxyl groups is 1. The van der Waals surface area contributed by atoms with Gasteiger partial charge >= 0.3 is 47.8 Å². The van der Waals surface area contributed by atoms with Crippen LogP contribution in [0.1, 0.15) is 299 Å². The fourth-order valence-corrected chi connectivity index (χ4v) is 14.9. The van der Waals surface area contributed by atoms with Gasteiger partial charge in [0.05, 0.1) is 56.7 Å². The second kappa shape index (κ2) is 29.4. The van der Waals surface area contributed by atoms with Gasteiger partial charge in [0, 0.05) is 24.2 Å². The van der Waals surface area contributed by atoms with Crippen molar-refractivity contribution in [1.29, 1.82) is 0 Å². The van der Waals surface area contributed by atoms with Gasteiger partial charge in [0.1, 0.15) is 29.0 Å². The molecule has 4 aliphatic heterocycles. The first-order valence-electron chi connectivity index (χ1n) is 35.9. The van der Waals surface area contributed by atoms with E-state index in [1.165, 1.54) is 19.3 Å². The summed E-state index contributed by atoms with van der Waals surface area (Å²) in [5, 5.41) is 10.6. The molecule has 0 amide bonds. The van der Waals surface area contributed by atoms with E-state index in [4.69, 9.17) is 42.6 Å². The molecule has 0 spiro atoms. The van der Waals surface area contributed by atoms with Crippen LogP contribution in [0.4, 0.5) is 0 Å². The van der Waals surface area contributed by atoms with Crippen molar-refractivity contribution in [2.45, 2.75) is 359 Å². The quantitative estimate of drug-likeness (QED) is 0.105. The van der Waals surface area contributed by atoms with Crippen LogP contribution in [-0.2, 0) is 81.0 Å². The van der Waals surface area contributed by atoms with Crippen molar-refractivity contribution in [1.82, 2.24) is 0 Å². The van der Waals surface area contributed by atoms with Gasteiger partial charge < -0.3 is 47.7 Å². The number of carbonyl (C=O) groups excluding carboxylic acids is 8. The number of carbonyl (C=O) groups is 8. The molecule has 18 heteroatoms. The Kier molecular flexibility index (Phi) is 24.6. The third kappa shape index (κ3) is 18.1. The zero-order valence-electron chi connectivity index (χ0n) is 61.3. The predicted octanol–water partition coefficient (Wildman–Crippen LogP) is 14.7. The van der Waals surface area contributed by atoms with Crippen LogP contribution < -0.4 is 0 Å². The van der Waals surface area contributed by atoms with Crippen LogP contribution in [0.3, 0.4) is 0 Å². The maximum atomic E-state index is 12.8. The topological polar surface area (TPSA) is 240 Å². The Balaban J connectivity index is 0.000000187. The molecule has 4 saturated heterocycles.